The Balaban J connectivity index is 2.95. The van der Waals surface area contributed by atoms with Gasteiger partial charge >= 0.3 is 0 Å². The van der Waals surface area contributed by atoms with Crippen molar-refractivity contribution in [2.75, 3.05) is 13.7 Å². The standard InChI is InChI=1S/C12H14Cl3NO/c1-8(5-13)7-17-12-9(6-16-2)3-10(14)4-11(12)15/h3-5,16H,6-7H2,1-2H3/b8-5+. The first-order valence-corrected chi connectivity index (χ1v) is 6.29. The van der Waals surface area contributed by atoms with Crippen LogP contribution in [0.5, 0.6) is 5.75 Å². The number of hydrogen-bond acceptors (Lipinski definition) is 2. The highest BCUT2D eigenvalue weighted by Crippen LogP contribution is 2.32. The summed E-state index contributed by atoms with van der Waals surface area (Å²) in [5.74, 6) is 0.642. The van der Waals surface area contributed by atoms with E-state index < -0.39 is 0 Å². The van der Waals surface area contributed by atoms with Gasteiger partial charge in [-0.1, -0.05) is 34.8 Å². The molecule has 5 heteroatoms. The van der Waals surface area contributed by atoms with E-state index in [0.717, 1.165) is 11.1 Å². The number of nitrogens with one attached hydrogen (secondary N) is 1. The van der Waals surface area contributed by atoms with Crippen LogP contribution in [0, 0.1) is 0 Å². The van der Waals surface area contributed by atoms with Gasteiger partial charge in [0.2, 0.25) is 0 Å². The largest absolute Gasteiger partial charge is 0.487 e. The van der Waals surface area contributed by atoms with Crippen LogP contribution in [0.25, 0.3) is 0 Å². The van der Waals surface area contributed by atoms with E-state index in [1.165, 1.54) is 5.54 Å². The van der Waals surface area contributed by atoms with Gasteiger partial charge in [-0.05, 0) is 31.7 Å². The maximum atomic E-state index is 6.11. The number of hydrogen-bond donors (Lipinski definition) is 1. The van der Waals surface area contributed by atoms with Crippen LogP contribution in [0.15, 0.2) is 23.2 Å². The van der Waals surface area contributed by atoms with Crippen molar-refractivity contribution >= 4 is 34.8 Å². The van der Waals surface area contributed by atoms with E-state index in [1.54, 1.807) is 6.07 Å². The lowest BCUT2D eigenvalue weighted by atomic mass is 10.2. The molecule has 1 aromatic carbocycles. The molecule has 0 aliphatic carbocycles. The topological polar surface area (TPSA) is 21.3 Å². The molecule has 94 valence electrons. The molecule has 0 radical (unpaired) electrons. The zero-order valence-electron chi connectivity index (χ0n) is 9.69. The summed E-state index contributed by atoms with van der Waals surface area (Å²) in [5, 5.41) is 4.14. The van der Waals surface area contributed by atoms with Crippen LogP contribution in [0.1, 0.15) is 12.5 Å². The molecule has 0 bridgehead atoms. The molecular weight excluding hydrogens is 280 g/mol. The smallest absolute Gasteiger partial charge is 0.142 e. The van der Waals surface area contributed by atoms with Crippen molar-refractivity contribution in [3.63, 3.8) is 0 Å². The van der Waals surface area contributed by atoms with Crippen molar-refractivity contribution in [3.8, 4) is 5.75 Å². The molecule has 0 saturated carbocycles. The Morgan fingerprint density at radius 3 is 2.71 bits per heavy atom. The molecular formula is C12H14Cl3NO. The summed E-state index contributed by atoms with van der Waals surface area (Å²) < 4.78 is 5.64. The number of rotatable bonds is 5. The second kappa shape index (κ2) is 7.12. The monoisotopic (exact) mass is 293 g/mol. The molecule has 0 aliphatic heterocycles. The van der Waals surface area contributed by atoms with Gasteiger partial charge in [-0.25, -0.2) is 0 Å². The third-order valence-corrected chi connectivity index (χ3v) is 2.95. The van der Waals surface area contributed by atoms with Crippen LogP contribution in [0.3, 0.4) is 0 Å². The highest BCUT2D eigenvalue weighted by molar-refractivity contribution is 6.35. The molecule has 0 amide bonds. The van der Waals surface area contributed by atoms with E-state index in [9.17, 15) is 0 Å². The van der Waals surface area contributed by atoms with Crippen molar-refractivity contribution in [1.82, 2.24) is 5.32 Å². The van der Waals surface area contributed by atoms with Gasteiger partial charge in [0.25, 0.3) is 0 Å². The average molecular weight is 295 g/mol. The zero-order chi connectivity index (χ0) is 12.8. The average Bonchev–Trinajstić information content (AvgIpc) is 2.27. The predicted molar refractivity (Wildman–Crippen MR) is 74.3 cm³/mol. The highest BCUT2D eigenvalue weighted by atomic mass is 35.5. The van der Waals surface area contributed by atoms with Gasteiger partial charge in [-0.3, -0.25) is 0 Å². The quantitative estimate of drug-likeness (QED) is 0.877. The SMILES string of the molecule is CNCc1cc(Cl)cc(Cl)c1OC/C(C)=C/Cl. The Hall–Kier alpha value is -0.410. The lowest BCUT2D eigenvalue weighted by molar-refractivity contribution is 0.348. The van der Waals surface area contributed by atoms with Crippen molar-refractivity contribution in [2.45, 2.75) is 13.5 Å². The summed E-state index contributed by atoms with van der Waals surface area (Å²) in [5.41, 5.74) is 3.34. The molecule has 17 heavy (non-hydrogen) atoms. The van der Waals surface area contributed by atoms with E-state index in [1.807, 2.05) is 20.0 Å². The zero-order valence-corrected chi connectivity index (χ0v) is 12.0. The minimum absolute atomic E-state index is 0.404. The van der Waals surface area contributed by atoms with E-state index in [0.29, 0.717) is 28.9 Å². The van der Waals surface area contributed by atoms with Crippen molar-refractivity contribution in [3.05, 3.63) is 38.8 Å². The maximum absolute atomic E-state index is 6.11. The summed E-state index contributed by atoms with van der Waals surface area (Å²) in [6.07, 6.45) is 0. The second-order valence-corrected chi connectivity index (χ2v) is 4.71. The molecule has 0 unspecified atom stereocenters. The third kappa shape index (κ3) is 4.40. The fraction of sp³-hybridized carbons (Fsp3) is 0.333. The second-order valence-electron chi connectivity index (χ2n) is 3.65. The van der Waals surface area contributed by atoms with E-state index in [2.05, 4.69) is 5.32 Å². The first-order chi connectivity index (χ1) is 8.08. The van der Waals surface area contributed by atoms with Gasteiger partial charge < -0.3 is 10.1 Å². The summed E-state index contributed by atoms with van der Waals surface area (Å²) in [6, 6.07) is 3.50. The minimum Gasteiger partial charge on any atom is -0.487 e. The van der Waals surface area contributed by atoms with Crippen molar-refractivity contribution < 1.29 is 4.74 Å². The Morgan fingerprint density at radius 2 is 2.12 bits per heavy atom. The number of ether oxygens (including phenoxy) is 1. The Labute approximate surface area is 117 Å². The van der Waals surface area contributed by atoms with Crippen molar-refractivity contribution in [1.29, 1.82) is 0 Å². The maximum Gasteiger partial charge on any atom is 0.142 e. The van der Waals surface area contributed by atoms with E-state index in [-0.39, 0.29) is 0 Å². The molecule has 0 spiro atoms. The fourth-order valence-corrected chi connectivity index (χ4v) is 1.97. The molecule has 0 atom stereocenters. The normalized spacial score (nSPS) is 11.7. The molecule has 1 aromatic rings. The summed E-state index contributed by atoms with van der Waals surface area (Å²) >= 11 is 17.6. The molecule has 1 rings (SSSR count). The molecule has 1 N–H and O–H groups in total. The highest BCUT2D eigenvalue weighted by Gasteiger charge is 2.10. The lowest BCUT2D eigenvalue weighted by Gasteiger charge is -2.13. The molecule has 0 fully saturated rings. The van der Waals surface area contributed by atoms with Gasteiger partial charge in [0.1, 0.15) is 12.4 Å². The minimum atomic E-state index is 0.404. The molecule has 0 saturated heterocycles. The van der Waals surface area contributed by atoms with Crippen LogP contribution < -0.4 is 10.1 Å². The summed E-state index contributed by atoms with van der Waals surface area (Å²) in [7, 11) is 1.85. The van der Waals surface area contributed by atoms with Crippen LogP contribution in [0.2, 0.25) is 10.0 Å². The molecule has 0 aromatic heterocycles. The Morgan fingerprint density at radius 1 is 1.41 bits per heavy atom. The van der Waals surface area contributed by atoms with E-state index in [4.69, 9.17) is 39.5 Å². The molecule has 2 nitrogen and oxygen atoms in total. The van der Waals surface area contributed by atoms with Crippen LogP contribution in [-0.2, 0) is 6.54 Å². The first kappa shape index (κ1) is 14.7. The van der Waals surface area contributed by atoms with Crippen LogP contribution in [0.4, 0.5) is 0 Å². The van der Waals surface area contributed by atoms with Gasteiger partial charge in [0, 0.05) is 22.7 Å². The Kier molecular flexibility index (Phi) is 6.14. The Bertz CT molecular complexity index is 418. The third-order valence-electron chi connectivity index (χ3n) is 2.08. The summed E-state index contributed by atoms with van der Waals surface area (Å²) in [6.45, 7) is 2.93. The van der Waals surface area contributed by atoms with Gasteiger partial charge in [-0.15, -0.1) is 0 Å². The van der Waals surface area contributed by atoms with Crippen LogP contribution in [-0.4, -0.2) is 13.7 Å². The van der Waals surface area contributed by atoms with Gasteiger partial charge in [0.05, 0.1) is 5.02 Å². The number of benzene rings is 1. The number of halogens is 3. The lowest BCUT2D eigenvalue weighted by Crippen LogP contribution is -2.09. The fourth-order valence-electron chi connectivity index (χ4n) is 1.31. The van der Waals surface area contributed by atoms with Crippen LogP contribution >= 0.6 is 34.8 Å². The van der Waals surface area contributed by atoms with E-state index >= 15 is 0 Å². The van der Waals surface area contributed by atoms with Crippen molar-refractivity contribution in [2.24, 2.45) is 0 Å². The summed E-state index contributed by atoms with van der Waals surface area (Å²) in [4.78, 5) is 0. The molecule has 0 heterocycles. The molecule has 0 aliphatic rings. The van der Waals surface area contributed by atoms with Gasteiger partial charge in [0.15, 0.2) is 0 Å². The van der Waals surface area contributed by atoms with Gasteiger partial charge in [-0.2, -0.15) is 0 Å². The predicted octanol–water partition coefficient (Wildman–Crippen LogP) is 4.23. The first-order valence-electron chi connectivity index (χ1n) is 5.09.